The summed E-state index contributed by atoms with van der Waals surface area (Å²) >= 11 is 6.06. The van der Waals surface area contributed by atoms with E-state index in [1.54, 1.807) is 0 Å². The Morgan fingerprint density at radius 1 is 1.04 bits per heavy atom. The fraction of sp³-hybridized carbons (Fsp3) is 0.286. The summed E-state index contributed by atoms with van der Waals surface area (Å²) in [7, 11) is 0. The number of ketones is 1. The first-order valence-corrected chi connectivity index (χ1v) is 8.78. The van der Waals surface area contributed by atoms with E-state index in [0.717, 1.165) is 22.8 Å². The molecular weight excluding hydrogens is 320 g/mol. The van der Waals surface area contributed by atoms with Crippen LogP contribution in [0.1, 0.15) is 28.3 Å². The number of carbonyl (C=O) groups is 1. The van der Waals surface area contributed by atoms with E-state index in [1.807, 2.05) is 36.4 Å². The molecule has 2 aromatic rings. The molecule has 0 saturated heterocycles. The van der Waals surface area contributed by atoms with Crippen LogP contribution in [-0.2, 0) is 0 Å². The minimum absolute atomic E-state index is 0.158. The van der Waals surface area contributed by atoms with Gasteiger partial charge in [0.15, 0.2) is 5.78 Å². The van der Waals surface area contributed by atoms with Crippen LogP contribution < -0.4 is 4.74 Å². The van der Waals surface area contributed by atoms with Gasteiger partial charge in [-0.3, -0.25) is 4.79 Å². The van der Waals surface area contributed by atoms with E-state index in [9.17, 15) is 4.79 Å². The second-order valence-electron chi connectivity index (χ2n) is 7.07. The van der Waals surface area contributed by atoms with E-state index in [2.05, 4.69) is 24.3 Å². The molecule has 2 nitrogen and oxygen atoms in total. The van der Waals surface area contributed by atoms with E-state index in [0.29, 0.717) is 12.5 Å². The monoisotopic (exact) mass is 336 g/mol. The summed E-state index contributed by atoms with van der Waals surface area (Å²) in [6.07, 6.45) is 5.54. The van der Waals surface area contributed by atoms with Gasteiger partial charge in [0.2, 0.25) is 0 Å². The van der Waals surface area contributed by atoms with Crippen LogP contribution in [0.5, 0.6) is 5.75 Å². The normalized spacial score (nSPS) is 32.9. The highest BCUT2D eigenvalue weighted by molar-refractivity contribution is 6.30. The van der Waals surface area contributed by atoms with Crippen molar-refractivity contribution in [3.63, 3.8) is 0 Å². The van der Waals surface area contributed by atoms with Gasteiger partial charge in [-0.15, -0.1) is 0 Å². The molecule has 1 heterocycles. The predicted octanol–water partition coefficient (Wildman–Crippen LogP) is 4.89. The zero-order valence-corrected chi connectivity index (χ0v) is 13.9. The average molecular weight is 337 g/mol. The van der Waals surface area contributed by atoms with Gasteiger partial charge in [-0.1, -0.05) is 48.0 Å². The average Bonchev–Trinajstić information content (AvgIpc) is 3.20. The maximum atomic E-state index is 13.5. The number of rotatable bonds is 1. The first-order chi connectivity index (χ1) is 11.7. The van der Waals surface area contributed by atoms with E-state index in [-0.39, 0.29) is 17.6 Å². The molecule has 2 aliphatic carbocycles. The lowest BCUT2D eigenvalue weighted by atomic mass is 9.62. The molecule has 1 aliphatic heterocycles. The number of hydrogen-bond donors (Lipinski definition) is 0. The van der Waals surface area contributed by atoms with Crippen molar-refractivity contribution in [2.24, 2.45) is 17.3 Å². The van der Waals surface area contributed by atoms with Crippen LogP contribution in [0.2, 0.25) is 5.02 Å². The lowest BCUT2D eigenvalue weighted by Crippen LogP contribution is -2.48. The summed E-state index contributed by atoms with van der Waals surface area (Å²) < 4.78 is 6.08. The van der Waals surface area contributed by atoms with Crippen LogP contribution in [0.3, 0.4) is 0 Å². The topological polar surface area (TPSA) is 26.3 Å². The van der Waals surface area contributed by atoms with Gasteiger partial charge in [0.05, 0.1) is 11.0 Å². The number of allylic oxidation sites excluding steroid dienone is 2. The molecule has 0 radical (unpaired) electrons. The molecule has 24 heavy (non-hydrogen) atoms. The van der Waals surface area contributed by atoms with Crippen molar-refractivity contribution in [2.45, 2.75) is 12.3 Å². The predicted molar refractivity (Wildman–Crippen MR) is 93.6 cm³/mol. The molecule has 2 aromatic carbocycles. The van der Waals surface area contributed by atoms with Gasteiger partial charge >= 0.3 is 0 Å². The second-order valence-corrected chi connectivity index (χ2v) is 7.51. The summed E-state index contributed by atoms with van der Waals surface area (Å²) in [6.45, 7) is 0.460. The number of carbonyl (C=O) groups excluding carboxylic acids is 1. The van der Waals surface area contributed by atoms with Gasteiger partial charge in [-0.2, -0.15) is 0 Å². The summed E-state index contributed by atoms with van der Waals surface area (Å²) in [5.41, 5.74) is 1.43. The minimum atomic E-state index is -0.485. The highest BCUT2D eigenvalue weighted by atomic mass is 35.5. The van der Waals surface area contributed by atoms with Crippen molar-refractivity contribution in [2.75, 3.05) is 6.61 Å². The largest absolute Gasteiger partial charge is 0.492 e. The summed E-state index contributed by atoms with van der Waals surface area (Å²) in [5.74, 6) is 1.76. The molecule has 5 rings (SSSR count). The molecule has 2 bridgehead atoms. The Balaban J connectivity index is 1.67. The van der Waals surface area contributed by atoms with Crippen LogP contribution in [0, 0.1) is 17.3 Å². The highest BCUT2D eigenvalue weighted by Crippen LogP contribution is 2.63. The van der Waals surface area contributed by atoms with Crippen molar-refractivity contribution < 1.29 is 9.53 Å². The number of hydrogen-bond acceptors (Lipinski definition) is 2. The molecule has 1 fully saturated rings. The first kappa shape index (κ1) is 14.3. The van der Waals surface area contributed by atoms with Crippen LogP contribution in [-0.4, -0.2) is 12.4 Å². The maximum absolute atomic E-state index is 13.5. The van der Waals surface area contributed by atoms with Crippen LogP contribution >= 0.6 is 11.6 Å². The molecule has 4 atom stereocenters. The van der Waals surface area contributed by atoms with Crippen molar-refractivity contribution in [3.8, 4) is 5.75 Å². The molecule has 0 N–H and O–H groups in total. The van der Waals surface area contributed by atoms with E-state index in [4.69, 9.17) is 16.3 Å². The third-order valence-corrected chi connectivity index (χ3v) is 6.26. The molecule has 0 aromatic heterocycles. The van der Waals surface area contributed by atoms with Gasteiger partial charge in [0.1, 0.15) is 12.4 Å². The van der Waals surface area contributed by atoms with Crippen LogP contribution in [0.25, 0.3) is 0 Å². The number of fused-ring (bicyclic) bond motifs is 4. The lowest BCUT2D eigenvalue weighted by molar-refractivity contribution is 0.0461. The summed E-state index contributed by atoms with van der Waals surface area (Å²) in [6, 6.07) is 15.6. The molecule has 3 heteroatoms. The molecule has 0 unspecified atom stereocenters. The van der Waals surface area contributed by atoms with Crippen molar-refractivity contribution >= 4 is 17.4 Å². The zero-order valence-electron chi connectivity index (χ0n) is 13.1. The fourth-order valence-corrected chi connectivity index (χ4v) is 5.11. The number of para-hydroxylation sites is 1. The summed E-state index contributed by atoms with van der Waals surface area (Å²) in [5, 5.41) is 0.725. The third-order valence-electron chi connectivity index (χ3n) is 6.01. The smallest absolute Gasteiger partial charge is 0.177 e. The number of ether oxygens (including phenoxy) is 1. The summed E-state index contributed by atoms with van der Waals surface area (Å²) in [4.78, 5) is 13.5. The molecular formula is C21H17ClO2. The SMILES string of the molecule is O=C1c2ccccc2OC[C@@]12[C@@H]1C=C[C@@H](C1)[C@@H]2c1ccc(Cl)cc1. The Bertz CT molecular complexity index is 854. The van der Waals surface area contributed by atoms with Gasteiger partial charge in [-0.25, -0.2) is 0 Å². The lowest BCUT2D eigenvalue weighted by Gasteiger charge is -2.43. The van der Waals surface area contributed by atoms with E-state index in [1.165, 1.54) is 5.56 Å². The molecule has 120 valence electrons. The second kappa shape index (κ2) is 4.97. The van der Waals surface area contributed by atoms with E-state index >= 15 is 0 Å². The standard InChI is InChI=1S/C21H17ClO2/c22-16-9-6-13(7-10-16)19-14-5-8-15(11-14)21(19)12-24-18-4-2-1-3-17(18)20(21)23/h1-10,14-15,19H,11-12H2/t14-,15+,19-,21-/m0/s1. The fourth-order valence-electron chi connectivity index (χ4n) is 4.98. The molecule has 1 saturated carbocycles. The molecule has 1 spiro atoms. The highest BCUT2D eigenvalue weighted by Gasteiger charge is 2.62. The first-order valence-electron chi connectivity index (χ1n) is 8.40. The Kier molecular flexibility index (Phi) is 2.96. The van der Waals surface area contributed by atoms with Gasteiger partial charge < -0.3 is 4.74 Å². The Morgan fingerprint density at radius 2 is 1.83 bits per heavy atom. The number of Topliss-reactive ketones (excluding diaryl/α,β-unsaturated/α-hetero) is 1. The zero-order chi connectivity index (χ0) is 16.3. The van der Waals surface area contributed by atoms with Crippen molar-refractivity contribution in [1.29, 1.82) is 0 Å². The number of benzene rings is 2. The van der Waals surface area contributed by atoms with Crippen LogP contribution in [0.4, 0.5) is 0 Å². The van der Waals surface area contributed by atoms with Gasteiger partial charge in [0.25, 0.3) is 0 Å². The molecule has 0 amide bonds. The van der Waals surface area contributed by atoms with Gasteiger partial charge in [0, 0.05) is 10.9 Å². The quantitative estimate of drug-likeness (QED) is 0.693. The Hall–Kier alpha value is -2.06. The van der Waals surface area contributed by atoms with Crippen molar-refractivity contribution in [3.05, 3.63) is 76.8 Å². The van der Waals surface area contributed by atoms with Crippen molar-refractivity contribution in [1.82, 2.24) is 0 Å². The Labute approximate surface area is 146 Å². The van der Waals surface area contributed by atoms with E-state index < -0.39 is 5.41 Å². The maximum Gasteiger partial charge on any atom is 0.177 e. The molecule has 3 aliphatic rings. The van der Waals surface area contributed by atoms with Crippen LogP contribution in [0.15, 0.2) is 60.7 Å². The Morgan fingerprint density at radius 3 is 2.67 bits per heavy atom. The van der Waals surface area contributed by atoms with Gasteiger partial charge in [-0.05, 0) is 48.1 Å². The number of halogens is 1. The third kappa shape index (κ3) is 1.75. The minimum Gasteiger partial charge on any atom is -0.492 e.